The van der Waals surface area contributed by atoms with Gasteiger partial charge in [-0.3, -0.25) is 4.79 Å². The molecule has 1 aromatic heterocycles. The average Bonchev–Trinajstić information content (AvgIpc) is 3.72. The summed E-state index contributed by atoms with van der Waals surface area (Å²) in [4.78, 5) is 12.7. The van der Waals surface area contributed by atoms with Crippen LogP contribution in [0.3, 0.4) is 0 Å². The van der Waals surface area contributed by atoms with Gasteiger partial charge < -0.3 is 20.1 Å². The van der Waals surface area contributed by atoms with E-state index in [1.54, 1.807) is 30.3 Å². The number of aliphatic hydroxyl groups is 2. The van der Waals surface area contributed by atoms with Crippen molar-refractivity contribution in [2.24, 2.45) is 0 Å². The predicted octanol–water partition coefficient (Wildman–Crippen LogP) is 5.41. The van der Waals surface area contributed by atoms with Crippen LogP contribution < -0.4 is 5.32 Å². The maximum absolute atomic E-state index is 15.1. The molecule has 6 rings (SSSR count). The molecular formula is C25H20ClFN2O4. The number of aromatic nitrogens is 1. The molecule has 168 valence electrons. The number of anilines is 1. The summed E-state index contributed by atoms with van der Waals surface area (Å²) in [7, 11) is 0. The smallest absolute Gasteiger partial charge is 0.260 e. The van der Waals surface area contributed by atoms with Gasteiger partial charge in [0.15, 0.2) is 5.76 Å². The van der Waals surface area contributed by atoms with Crippen LogP contribution in [0.25, 0.3) is 22.5 Å². The van der Waals surface area contributed by atoms with Gasteiger partial charge in [-0.15, -0.1) is 0 Å². The Bertz CT molecular complexity index is 1350. The van der Waals surface area contributed by atoms with Gasteiger partial charge in [0.1, 0.15) is 5.82 Å². The van der Waals surface area contributed by atoms with Crippen LogP contribution >= 0.6 is 11.6 Å². The van der Waals surface area contributed by atoms with Crippen molar-refractivity contribution in [3.63, 3.8) is 0 Å². The Labute approximate surface area is 193 Å². The third-order valence-electron chi connectivity index (χ3n) is 6.87. The van der Waals surface area contributed by atoms with Gasteiger partial charge in [-0.05, 0) is 49.4 Å². The number of benzene rings is 2. The molecule has 0 spiro atoms. The summed E-state index contributed by atoms with van der Waals surface area (Å²) in [5.41, 5.74) is 2.68. The van der Waals surface area contributed by atoms with Crippen LogP contribution in [0.4, 0.5) is 10.1 Å². The first-order valence-electron chi connectivity index (χ1n) is 10.9. The van der Waals surface area contributed by atoms with E-state index < -0.39 is 11.7 Å². The molecule has 2 heterocycles. The van der Waals surface area contributed by atoms with Gasteiger partial charge >= 0.3 is 0 Å². The van der Waals surface area contributed by atoms with Crippen LogP contribution in [0.15, 0.2) is 40.9 Å². The lowest BCUT2D eigenvalue weighted by Gasteiger charge is -2.15. The molecule has 3 aromatic rings. The SMILES string of the molecule is O=C1Nc2cc(Cl)c(-c3ccc(C4(CO)CC4)cc3F)cc2C1=C(O)c1cc(C2CC2)no1. The average molecular weight is 467 g/mol. The van der Waals surface area contributed by atoms with E-state index in [4.69, 9.17) is 16.1 Å². The van der Waals surface area contributed by atoms with E-state index in [1.165, 1.54) is 6.07 Å². The molecule has 0 atom stereocenters. The molecule has 8 heteroatoms. The van der Waals surface area contributed by atoms with Crippen molar-refractivity contribution in [1.29, 1.82) is 0 Å². The number of amides is 1. The molecule has 6 nitrogen and oxygen atoms in total. The summed E-state index contributed by atoms with van der Waals surface area (Å²) in [6.07, 6.45) is 3.71. The van der Waals surface area contributed by atoms with Crippen LogP contribution in [-0.2, 0) is 10.2 Å². The molecule has 0 bridgehead atoms. The molecule has 2 aromatic carbocycles. The number of rotatable bonds is 5. The standard InChI is InChI=1S/C25H20ClFN2O4/c26-17-9-20-16(8-15(17)14-4-3-13(7-18(14)27)25(11-30)5-6-25)22(24(32)28-20)23(31)21-10-19(29-33-21)12-1-2-12/h3-4,7-10,12,30-31H,1-2,5-6,11H2,(H,28,32). The summed E-state index contributed by atoms with van der Waals surface area (Å²) in [5.74, 6) is -0.851. The number of aliphatic hydroxyl groups excluding tert-OH is 2. The van der Waals surface area contributed by atoms with Crippen LogP contribution in [0.5, 0.6) is 0 Å². The summed E-state index contributed by atoms with van der Waals surface area (Å²) >= 11 is 6.46. The Hall–Kier alpha value is -3.16. The molecule has 33 heavy (non-hydrogen) atoms. The first-order chi connectivity index (χ1) is 15.9. The first kappa shape index (κ1) is 20.4. The highest BCUT2D eigenvalue weighted by atomic mass is 35.5. The second-order valence-corrected chi connectivity index (χ2v) is 9.49. The lowest BCUT2D eigenvalue weighted by Crippen LogP contribution is -2.12. The highest BCUT2D eigenvalue weighted by molar-refractivity contribution is 6.38. The second kappa shape index (κ2) is 7.17. The van der Waals surface area contributed by atoms with E-state index in [9.17, 15) is 15.0 Å². The fourth-order valence-corrected chi connectivity index (χ4v) is 4.75. The van der Waals surface area contributed by atoms with Gasteiger partial charge in [0, 0.05) is 34.1 Å². The van der Waals surface area contributed by atoms with Gasteiger partial charge in [-0.25, -0.2) is 4.39 Å². The Balaban J connectivity index is 1.43. The zero-order valence-electron chi connectivity index (χ0n) is 17.5. The Kier molecular flexibility index (Phi) is 4.44. The Morgan fingerprint density at radius 1 is 1.18 bits per heavy atom. The number of halogens is 2. The van der Waals surface area contributed by atoms with Crippen molar-refractivity contribution in [2.45, 2.75) is 37.0 Å². The number of fused-ring (bicyclic) bond motifs is 1. The molecular weight excluding hydrogens is 447 g/mol. The lowest BCUT2D eigenvalue weighted by atomic mass is 9.92. The summed E-state index contributed by atoms with van der Waals surface area (Å²) in [6, 6.07) is 9.67. The molecule has 0 radical (unpaired) electrons. The van der Waals surface area contributed by atoms with Crippen LogP contribution in [-0.4, -0.2) is 27.9 Å². The Morgan fingerprint density at radius 3 is 2.64 bits per heavy atom. The highest BCUT2D eigenvalue weighted by Crippen LogP contribution is 2.49. The van der Waals surface area contributed by atoms with E-state index in [-0.39, 0.29) is 39.7 Å². The van der Waals surface area contributed by atoms with Crippen molar-refractivity contribution in [1.82, 2.24) is 5.16 Å². The molecule has 1 aliphatic heterocycles. The zero-order chi connectivity index (χ0) is 22.9. The number of hydrogen-bond acceptors (Lipinski definition) is 5. The third kappa shape index (κ3) is 3.26. The predicted molar refractivity (Wildman–Crippen MR) is 121 cm³/mol. The van der Waals surface area contributed by atoms with Crippen LogP contribution in [0.2, 0.25) is 5.02 Å². The van der Waals surface area contributed by atoms with Crippen molar-refractivity contribution in [3.05, 3.63) is 69.8 Å². The maximum atomic E-state index is 15.1. The number of carbonyl (C=O) groups is 1. The maximum Gasteiger partial charge on any atom is 0.260 e. The van der Waals surface area contributed by atoms with Crippen molar-refractivity contribution in [2.75, 3.05) is 11.9 Å². The molecule has 1 amide bonds. The van der Waals surface area contributed by atoms with Crippen molar-refractivity contribution < 1.29 is 23.9 Å². The van der Waals surface area contributed by atoms with Gasteiger partial charge in [0.25, 0.3) is 5.91 Å². The topological polar surface area (TPSA) is 95.6 Å². The minimum Gasteiger partial charge on any atom is -0.504 e. The van der Waals surface area contributed by atoms with E-state index in [0.717, 1.165) is 36.9 Å². The Morgan fingerprint density at radius 2 is 1.97 bits per heavy atom. The van der Waals surface area contributed by atoms with E-state index in [1.807, 2.05) is 0 Å². The van der Waals surface area contributed by atoms with Gasteiger partial charge in [0.05, 0.1) is 28.6 Å². The minimum absolute atomic E-state index is 0.0172. The van der Waals surface area contributed by atoms with Crippen LogP contribution in [0, 0.1) is 5.82 Å². The summed E-state index contributed by atoms with van der Waals surface area (Å²) in [6.45, 7) is -0.0172. The van der Waals surface area contributed by atoms with E-state index in [2.05, 4.69) is 10.5 Å². The van der Waals surface area contributed by atoms with Crippen molar-refractivity contribution >= 4 is 34.5 Å². The summed E-state index contributed by atoms with van der Waals surface area (Å²) < 4.78 is 20.4. The zero-order valence-corrected chi connectivity index (χ0v) is 18.2. The van der Waals surface area contributed by atoms with Gasteiger partial charge in [0.2, 0.25) is 5.76 Å². The molecule has 2 aliphatic carbocycles. The van der Waals surface area contributed by atoms with Gasteiger partial charge in [-0.1, -0.05) is 28.9 Å². The largest absolute Gasteiger partial charge is 0.504 e. The normalized spacial score (nSPS) is 19.9. The number of nitrogens with one attached hydrogen (secondary N) is 1. The fraction of sp³-hybridized carbons (Fsp3) is 0.280. The number of nitrogens with zero attached hydrogens (tertiary/aromatic N) is 1. The van der Waals surface area contributed by atoms with E-state index in [0.29, 0.717) is 22.7 Å². The quantitative estimate of drug-likeness (QED) is 0.345. The molecule has 3 N–H and O–H groups in total. The lowest BCUT2D eigenvalue weighted by molar-refractivity contribution is -0.110. The molecule has 3 aliphatic rings. The molecule has 2 fully saturated rings. The minimum atomic E-state index is -0.505. The third-order valence-corrected chi connectivity index (χ3v) is 7.19. The molecule has 0 saturated heterocycles. The monoisotopic (exact) mass is 466 g/mol. The fourth-order valence-electron chi connectivity index (χ4n) is 4.48. The number of hydrogen-bond donors (Lipinski definition) is 3. The van der Waals surface area contributed by atoms with Crippen molar-refractivity contribution in [3.8, 4) is 11.1 Å². The molecule has 0 unspecified atom stereocenters. The first-order valence-corrected chi connectivity index (χ1v) is 11.2. The second-order valence-electron chi connectivity index (χ2n) is 9.08. The highest BCUT2D eigenvalue weighted by Gasteiger charge is 2.44. The van der Waals surface area contributed by atoms with Gasteiger partial charge in [-0.2, -0.15) is 0 Å². The molecule has 2 saturated carbocycles. The van der Waals surface area contributed by atoms with E-state index >= 15 is 4.39 Å². The van der Waals surface area contributed by atoms with Crippen LogP contribution in [0.1, 0.15) is 54.2 Å². The number of carbonyl (C=O) groups excluding carboxylic acids is 1. The summed E-state index contributed by atoms with van der Waals surface area (Å²) in [5, 5.41) is 27.5.